The summed E-state index contributed by atoms with van der Waals surface area (Å²) >= 11 is 0. The van der Waals surface area contributed by atoms with Crippen LogP contribution in [0.1, 0.15) is 31.4 Å². The van der Waals surface area contributed by atoms with E-state index in [2.05, 4.69) is 37.7 Å². The molecule has 10 nitrogen and oxygen atoms in total. The summed E-state index contributed by atoms with van der Waals surface area (Å²) < 4.78 is 1.70. The van der Waals surface area contributed by atoms with Gasteiger partial charge < -0.3 is 31.1 Å². The Morgan fingerprint density at radius 1 is 1.23 bits per heavy atom. The average molecular weight is 425 g/mol. The van der Waals surface area contributed by atoms with Crippen LogP contribution in [-0.2, 0) is 11.2 Å². The van der Waals surface area contributed by atoms with E-state index in [9.17, 15) is 15.0 Å². The molecular weight excluding hydrogens is 398 g/mol. The minimum atomic E-state index is -1.08. The Labute approximate surface area is 179 Å². The Kier molecular flexibility index (Phi) is 6.01. The molecule has 31 heavy (non-hydrogen) atoms. The maximum Gasteiger partial charge on any atom is 0.226 e. The van der Waals surface area contributed by atoms with Gasteiger partial charge in [-0.1, -0.05) is 37.3 Å². The van der Waals surface area contributed by atoms with E-state index >= 15 is 0 Å². The number of hydrogen-bond acceptors (Lipinski definition) is 8. The molecule has 0 spiro atoms. The lowest BCUT2D eigenvalue weighted by Crippen LogP contribution is -2.42. The molecule has 1 amide bonds. The molecule has 1 saturated carbocycles. The Morgan fingerprint density at radius 2 is 2.00 bits per heavy atom. The minimum absolute atomic E-state index is 0.177. The Morgan fingerprint density at radius 3 is 2.74 bits per heavy atom. The number of benzene rings is 1. The summed E-state index contributed by atoms with van der Waals surface area (Å²) in [6, 6.07) is 9.01. The molecule has 6 N–H and O–H groups in total. The number of fused-ring (bicyclic) bond motifs is 1. The lowest BCUT2D eigenvalue weighted by Gasteiger charge is -2.18. The maximum absolute atomic E-state index is 11.7. The van der Waals surface area contributed by atoms with Gasteiger partial charge in [-0.05, 0) is 18.4 Å². The number of nitrogens with one attached hydrogen (secondary N) is 2. The van der Waals surface area contributed by atoms with Crippen LogP contribution in [0.3, 0.4) is 0 Å². The standard InChI is InChI=1S/C21H27N7O3/c1-2-15(29)25-13-10-14(18(31)17(13)30)28-11-24-16-19(22)26-21(27-20(16)28)23-9-8-12-6-4-3-5-7-12/h3-7,11,13-14,17-18,30-31H,2,8-10H2,1H3,(H,25,29)(H3,22,23,26,27)/t13-,14+,17+,18-/m0/s1. The van der Waals surface area contributed by atoms with Gasteiger partial charge in [0.2, 0.25) is 11.9 Å². The van der Waals surface area contributed by atoms with Crippen LogP contribution in [0.15, 0.2) is 36.7 Å². The fraction of sp³-hybridized carbons (Fsp3) is 0.429. The van der Waals surface area contributed by atoms with Gasteiger partial charge in [0.05, 0.1) is 18.4 Å². The summed E-state index contributed by atoms with van der Waals surface area (Å²) in [5.41, 5.74) is 8.17. The SMILES string of the molecule is CCC(=O)N[C@H]1C[C@@H](n2cnc3c(N)nc(NCCc4ccccc4)nc32)[C@H](O)[C@@H]1O. The zero-order valence-corrected chi connectivity index (χ0v) is 17.3. The van der Waals surface area contributed by atoms with Crippen LogP contribution in [-0.4, -0.2) is 60.4 Å². The van der Waals surface area contributed by atoms with Gasteiger partial charge in [0.25, 0.3) is 0 Å². The number of nitrogens with zero attached hydrogens (tertiary/aromatic N) is 4. The van der Waals surface area contributed by atoms with E-state index in [4.69, 9.17) is 5.73 Å². The van der Waals surface area contributed by atoms with Crippen LogP contribution in [0.2, 0.25) is 0 Å². The lowest BCUT2D eigenvalue weighted by molar-refractivity contribution is -0.122. The monoisotopic (exact) mass is 425 g/mol. The molecule has 0 radical (unpaired) electrons. The van der Waals surface area contributed by atoms with Gasteiger partial charge in [-0.2, -0.15) is 9.97 Å². The van der Waals surface area contributed by atoms with Crippen molar-refractivity contribution in [2.24, 2.45) is 0 Å². The largest absolute Gasteiger partial charge is 0.388 e. The Hall–Kier alpha value is -3.24. The number of nitrogen functional groups attached to an aromatic ring is 1. The first-order valence-corrected chi connectivity index (χ1v) is 10.4. The van der Waals surface area contributed by atoms with Gasteiger partial charge in [0.15, 0.2) is 11.5 Å². The number of imidazole rings is 1. The summed E-state index contributed by atoms with van der Waals surface area (Å²) in [7, 11) is 0. The molecule has 1 fully saturated rings. The van der Waals surface area contributed by atoms with E-state index in [1.54, 1.807) is 11.5 Å². The third kappa shape index (κ3) is 4.30. The number of aliphatic hydroxyl groups is 2. The number of hydrogen-bond donors (Lipinski definition) is 5. The van der Waals surface area contributed by atoms with Crippen molar-refractivity contribution >= 4 is 28.8 Å². The first-order chi connectivity index (χ1) is 15.0. The van der Waals surface area contributed by atoms with E-state index < -0.39 is 24.3 Å². The highest BCUT2D eigenvalue weighted by Crippen LogP contribution is 2.34. The quantitative estimate of drug-likeness (QED) is 0.370. The number of carbonyl (C=O) groups is 1. The van der Waals surface area contributed by atoms with E-state index in [0.29, 0.717) is 36.5 Å². The van der Waals surface area contributed by atoms with Crippen LogP contribution in [0.25, 0.3) is 11.2 Å². The third-order valence-corrected chi connectivity index (χ3v) is 5.66. The molecule has 2 aromatic heterocycles. The second-order valence-corrected chi connectivity index (χ2v) is 7.73. The molecule has 1 aromatic carbocycles. The lowest BCUT2D eigenvalue weighted by atomic mass is 10.1. The van der Waals surface area contributed by atoms with Crippen molar-refractivity contribution in [2.45, 2.75) is 50.5 Å². The molecule has 0 bridgehead atoms. The first-order valence-electron chi connectivity index (χ1n) is 10.4. The third-order valence-electron chi connectivity index (χ3n) is 5.66. The number of rotatable bonds is 7. The number of amides is 1. The van der Waals surface area contributed by atoms with E-state index in [-0.39, 0.29) is 11.7 Å². The zero-order chi connectivity index (χ0) is 22.0. The summed E-state index contributed by atoms with van der Waals surface area (Å²) in [5.74, 6) is 0.422. The highest BCUT2D eigenvalue weighted by molar-refractivity contribution is 5.83. The van der Waals surface area contributed by atoms with Crippen molar-refractivity contribution in [1.29, 1.82) is 0 Å². The van der Waals surface area contributed by atoms with Crippen LogP contribution < -0.4 is 16.4 Å². The molecule has 1 aliphatic rings. The molecule has 4 rings (SSSR count). The van der Waals surface area contributed by atoms with Gasteiger partial charge in [0.1, 0.15) is 17.7 Å². The summed E-state index contributed by atoms with van der Waals surface area (Å²) in [6.07, 6.45) is 0.827. The van der Waals surface area contributed by atoms with Crippen molar-refractivity contribution in [3.05, 3.63) is 42.2 Å². The van der Waals surface area contributed by atoms with Crippen molar-refractivity contribution in [2.75, 3.05) is 17.6 Å². The van der Waals surface area contributed by atoms with Crippen molar-refractivity contribution < 1.29 is 15.0 Å². The number of nitrogens with two attached hydrogens (primary N) is 1. The molecule has 1 aliphatic carbocycles. The minimum Gasteiger partial charge on any atom is -0.388 e. The highest BCUT2D eigenvalue weighted by Gasteiger charge is 2.43. The van der Waals surface area contributed by atoms with E-state index in [1.165, 1.54) is 11.9 Å². The number of anilines is 2. The van der Waals surface area contributed by atoms with E-state index in [0.717, 1.165) is 6.42 Å². The smallest absolute Gasteiger partial charge is 0.226 e. The van der Waals surface area contributed by atoms with Crippen LogP contribution >= 0.6 is 0 Å². The predicted molar refractivity (Wildman–Crippen MR) is 116 cm³/mol. The number of carbonyl (C=O) groups excluding carboxylic acids is 1. The summed E-state index contributed by atoms with van der Waals surface area (Å²) in [5, 5.41) is 27.0. The number of aromatic nitrogens is 4. The average Bonchev–Trinajstić information content (AvgIpc) is 3.31. The van der Waals surface area contributed by atoms with Gasteiger partial charge in [-0.25, -0.2) is 4.98 Å². The Bertz CT molecular complexity index is 1060. The predicted octanol–water partition coefficient (Wildman–Crippen LogP) is 0.624. The highest BCUT2D eigenvalue weighted by atomic mass is 16.3. The fourth-order valence-electron chi connectivity index (χ4n) is 3.96. The molecule has 0 unspecified atom stereocenters. The van der Waals surface area contributed by atoms with Gasteiger partial charge >= 0.3 is 0 Å². The second kappa shape index (κ2) is 8.86. The molecule has 2 heterocycles. The van der Waals surface area contributed by atoms with Gasteiger partial charge in [-0.3, -0.25) is 4.79 Å². The molecule has 3 aromatic rings. The fourth-order valence-corrected chi connectivity index (χ4v) is 3.96. The number of aliphatic hydroxyl groups excluding tert-OH is 2. The second-order valence-electron chi connectivity index (χ2n) is 7.73. The molecule has 0 aliphatic heterocycles. The normalized spacial score (nSPS) is 23.2. The first kappa shape index (κ1) is 21.0. The molecule has 4 atom stereocenters. The molecule has 10 heteroatoms. The maximum atomic E-state index is 11.7. The van der Waals surface area contributed by atoms with Gasteiger partial charge in [0, 0.05) is 13.0 Å². The van der Waals surface area contributed by atoms with Crippen LogP contribution in [0.4, 0.5) is 11.8 Å². The van der Waals surface area contributed by atoms with Gasteiger partial charge in [-0.15, -0.1) is 0 Å². The van der Waals surface area contributed by atoms with Crippen molar-refractivity contribution in [3.63, 3.8) is 0 Å². The zero-order valence-electron chi connectivity index (χ0n) is 17.3. The van der Waals surface area contributed by atoms with Crippen molar-refractivity contribution in [3.8, 4) is 0 Å². The molecular formula is C21H27N7O3. The topological polar surface area (TPSA) is 151 Å². The summed E-state index contributed by atoms with van der Waals surface area (Å²) in [6.45, 7) is 2.36. The van der Waals surface area contributed by atoms with Crippen molar-refractivity contribution in [1.82, 2.24) is 24.8 Å². The summed E-state index contributed by atoms with van der Waals surface area (Å²) in [4.78, 5) is 24.9. The molecule has 0 saturated heterocycles. The Balaban J connectivity index is 1.54. The molecule has 164 valence electrons. The van der Waals surface area contributed by atoms with Crippen LogP contribution in [0.5, 0.6) is 0 Å². The van der Waals surface area contributed by atoms with E-state index in [1.807, 2.05) is 18.2 Å². The van der Waals surface area contributed by atoms with Crippen LogP contribution in [0, 0.1) is 0 Å².